The van der Waals surface area contributed by atoms with Gasteiger partial charge in [0, 0.05) is 66.1 Å². The molecule has 2 aromatic heterocycles. The van der Waals surface area contributed by atoms with Crippen LogP contribution in [0.4, 0.5) is 0 Å². The fourth-order valence-corrected chi connectivity index (χ4v) is 7.55. The molecular weight excluding hydrogens is 641 g/mol. The predicted octanol–water partition coefficient (Wildman–Crippen LogP) is 5.77. The lowest BCUT2D eigenvalue weighted by Gasteiger charge is -2.43. The molecule has 1 unspecified atom stereocenters. The van der Waals surface area contributed by atoms with Gasteiger partial charge in [-0.25, -0.2) is 9.97 Å². The number of rotatable bonds is 9. The Bertz CT molecular complexity index is 1870. The predicted molar refractivity (Wildman–Crippen MR) is 179 cm³/mol. The number of ether oxygens (including phenoxy) is 2. The van der Waals surface area contributed by atoms with Gasteiger partial charge in [0.15, 0.2) is 0 Å². The van der Waals surface area contributed by atoms with Crippen LogP contribution in [0.3, 0.4) is 0 Å². The smallest absolute Gasteiger partial charge is 0.309 e. The molecule has 47 heavy (non-hydrogen) atoms. The third-order valence-corrected chi connectivity index (χ3v) is 10.6. The first kappa shape index (κ1) is 31.8. The summed E-state index contributed by atoms with van der Waals surface area (Å²) in [7, 11) is 3.18. The monoisotopic (exact) mass is 675 g/mol. The highest BCUT2D eigenvalue weighted by Crippen LogP contribution is 2.47. The highest BCUT2D eigenvalue weighted by Gasteiger charge is 2.41. The number of benzene rings is 2. The van der Waals surface area contributed by atoms with Crippen LogP contribution in [-0.4, -0.2) is 86.9 Å². The van der Waals surface area contributed by atoms with Crippen molar-refractivity contribution in [3.8, 4) is 45.4 Å². The Balaban J connectivity index is 1.19. The van der Waals surface area contributed by atoms with E-state index in [1.54, 1.807) is 20.4 Å². The molecule has 2 saturated heterocycles. The summed E-state index contributed by atoms with van der Waals surface area (Å²) in [6.07, 6.45) is 3.08. The first-order valence-electron chi connectivity index (χ1n) is 15.6. The number of carboxylic acids is 1. The minimum Gasteiger partial charge on any atom is -0.481 e. The number of halogens is 2. The second-order valence-electron chi connectivity index (χ2n) is 12.4. The van der Waals surface area contributed by atoms with Crippen LogP contribution in [0.15, 0.2) is 48.7 Å². The Hall–Kier alpha value is -3.80. The minimum absolute atomic E-state index is 0.0525. The molecule has 0 radical (unpaired) electrons. The quantitative estimate of drug-likeness (QED) is 0.226. The van der Waals surface area contributed by atoms with Crippen molar-refractivity contribution >= 4 is 29.2 Å². The van der Waals surface area contributed by atoms with Gasteiger partial charge in [0.25, 0.3) is 0 Å². The van der Waals surface area contributed by atoms with E-state index in [1.165, 1.54) is 0 Å². The number of methoxy groups -OCH3 is 2. The molecule has 0 saturated carbocycles. The molecule has 2 aromatic carbocycles. The molecular formula is C35H35Cl2N5O5. The van der Waals surface area contributed by atoms with Crippen LogP contribution in [0.1, 0.15) is 36.2 Å². The summed E-state index contributed by atoms with van der Waals surface area (Å²) in [5.74, 6) is -0.129. The molecule has 0 amide bonds. The SMILES string of the molecule is COc1nc(-c2cccc(-c3cccc(-c4cc5c(c(OC)n4)C(N4CC(C(=O)O)C4)CC5)c3Cl)c2Cl)cnc1CN1C[C@@H](O)[C@@H]1C. The fourth-order valence-electron chi connectivity index (χ4n) is 6.90. The fraction of sp³-hybridized carbons (Fsp3) is 0.371. The standard InChI is InChI=1S/C35H35Cl2N5O5/c1-18-29(43)17-41(18)16-27-33(46-2)40-26(13-38-27)24-9-5-7-22(32(24)37)21-6-4-8-23(31(21)36)25-12-19-10-11-28(30(19)34(39-25)47-3)42-14-20(15-42)35(44)45/h4-9,12-13,18,20,28-29,43H,10-11,14-17H2,1-3H3,(H,44,45)/t18-,28?,29+/m0/s1. The Morgan fingerprint density at radius 1 is 0.936 bits per heavy atom. The van der Waals surface area contributed by atoms with Crippen LogP contribution in [-0.2, 0) is 17.8 Å². The number of pyridine rings is 1. The number of carboxylic acid groups (broad SMARTS) is 1. The molecule has 2 N–H and O–H groups in total. The normalized spacial score (nSPS) is 21.2. The van der Waals surface area contributed by atoms with Crippen molar-refractivity contribution in [1.29, 1.82) is 0 Å². The number of aliphatic hydroxyl groups excluding tert-OH is 1. The summed E-state index contributed by atoms with van der Waals surface area (Å²) < 4.78 is 11.4. The maximum absolute atomic E-state index is 11.4. The molecule has 7 rings (SSSR count). The maximum atomic E-state index is 11.4. The van der Waals surface area contributed by atoms with E-state index in [0.717, 1.165) is 40.7 Å². The van der Waals surface area contributed by atoms with E-state index < -0.39 is 5.97 Å². The second kappa shape index (κ2) is 12.7. The summed E-state index contributed by atoms with van der Waals surface area (Å²) in [5.41, 5.74) is 7.05. The number of aliphatic carboxylic acids is 1. The summed E-state index contributed by atoms with van der Waals surface area (Å²) in [6, 6.07) is 13.7. The van der Waals surface area contributed by atoms with Gasteiger partial charge >= 0.3 is 5.97 Å². The average Bonchev–Trinajstić information content (AvgIpc) is 3.47. The van der Waals surface area contributed by atoms with E-state index in [2.05, 4.69) is 20.9 Å². The summed E-state index contributed by atoms with van der Waals surface area (Å²) in [6.45, 7) is 4.15. The van der Waals surface area contributed by atoms with Crippen molar-refractivity contribution in [1.82, 2.24) is 24.8 Å². The first-order chi connectivity index (χ1) is 22.7. The summed E-state index contributed by atoms with van der Waals surface area (Å²) in [4.78, 5) is 30.0. The number of hydrogen-bond donors (Lipinski definition) is 2. The zero-order valence-electron chi connectivity index (χ0n) is 26.3. The molecule has 1 aliphatic carbocycles. The highest BCUT2D eigenvalue weighted by molar-refractivity contribution is 6.39. The molecule has 12 heteroatoms. The lowest BCUT2D eigenvalue weighted by atomic mass is 9.95. The van der Waals surface area contributed by atoms with Gasteiger partial charge in [-0.15, -0.1) is 0 Å². The lowest BCUT2D eigenvalue weighted by Crippen LogP contribution is -2.57. The largest absolute Gasteiger partial charge is 0.481 e. The van der Waals surface area contributed by atoms with Gasteiger partial charge in [-0.1, -0.05) is 59.6 Å². The molecule has 4 aromatic rings. The van der Waals surface area contributed by atoms with Crippen molar-refractivity contribution in [2.24, 2.45) is 5.92 Å². The number of β-amino-alcohol motifs (C(OH)–C–C–N with tert-alkyl or cyclic N) is 1. The number of aliphatic hydroxyl groups is 1. The number of aryl methyl sites for hydroxylation is 1. The van der Waals surface area contributed by atoms with E-state index in [-0.39, 0.29) is 24.1 Å². The number of hydrogen-bond acceptors (Lipinski definition) is 9. The second-order valence-corrected chi connectivity index (χ2v) is 13.2. The van der Waals surface area contributed by atoms with Crippen molar-refractivity contribution in [2.45, 2.75) is 44.5 Å². The van der Waals surface area contributed by atoms with Crippen LogP contribution >= 0.6 is 23.2 Å². The van der Waals surface area contributed by atoms with Crippen LogP contribution < -0.4 is 9.47 Å². The molecule has 0 spiro atoms. The average molecular weight is 677 g/mol. The van der Waals surface area contributed by atoms with E-state index in [9.17, 15) is 15.0 Å². The number of nitrogens with zero attached hydrogens (tertiary/aromatic N) is 5. The molecule has 3 atom stereocenters. The highest BCUT2D eigenvalue weighted by atomic mass is 35.5. The van der Waals surface area contributed by atoms with Gasteiger partial charge in [-0.2, -0.15) is 0 Å². The molecule has 2 aliphatic heterocycles. The first-order valence-corrected chi connectivity index (χ1v) is 16.4. The number of aromatic nitrogens is 3. The van der Waals surface area contributed by atoms with Crippen LogP contribution in [0.25, 0.3) is 33.6 Å². The lowest BCUT2D eigenvalue weighted by molar-refractivity contribution is -0.148. The third-order valence-electron chi connectivity index (χ3n) is 9.77. The molecule has 2 fully saturated rings. The van der Waals surface area contributed by atoms with Gasteiger partial charge < -0.3 is 19.7 Å². The summed E-state index contributed by atoms with van der Waals surface area (Å²) >= 11 is 14.2. The number of carbonyl (C=O) groups is 1. The summed E-state index contributed by atoms with van der Waals surface area (Å²) in [5, 5.41) is 20.2. The zero-order chi connectivity index (χ0) is 33.0. The van der Waals surface area contributed by atoms with Crippen molar-refractivity contribution < 1.29 is 24.5 Å². The van der Waals surface area contributed by atoms with Gasteiger partial charge in [0.05, 0.1) is 53.9 Å². The van der Waals surface area contributed by atoms with E-state index >= 15 is 0 Å². The van der Waals surface area contributed by atoms with E-state index in [1.807, 2.05) is 43.3 Å². The van der Waals surface area contributed by atoms with E-state index in [4.69, 9.17) is 42.6 Å². The Morgan fingerprint density at radius 2 is 1.55 bits per heavy atom. The number of likely N-dealkylation sites (tertiary alicyclic amines) is 2. The van der Waals surface area contributed by atoms with Gasteiger partial charge in [-0.3, -0.25) is 19.6 Å². The van der Waals surface area contributed by atoms with Crippen molar-refractivity contribution in [3.05, 3.63) is 75.5 Å². The Kier molecular flexibility index (Phi) is 8.57. The van der Waals surface area contributed by atoms with Gasteiger partial charge in [0.2, 0.25) is 11.8 Å². The minimum atomic E-state index is -0.750. The molecule has 3 aliphatic rings. The van der Waals surface area contributed by atoms with Crippen molar-refractivity contribution in [3.63, 3.8) is 0 Å². The molecule has 4 heterocycles. The molecule has 10 nitrogen and oxygen atoms in total. The van der Waals surface area contributed by atoms with Gasteiger partial charge in [0.1, 0.15) is 5.69 Å². The Morgan fingerprint density at radius 3 is 2.15 bits per heavy atom. The Labute approximate surface area is 282 Å². The van der Waals surface area contributed by atoms with Crippen LogP contribution in [0.2, 0.25) is 10.0 Å². The molecule has 0 bridgehead atoms. The van der Waals surface area contributed by atoms with Crippen LogP contribution in [0.5, 0.6) is 11.8 Å². The third kappa shape index (κ3) is 5.62. The maximum Gasteiger partial charge on any atom is 0.309 e. The van der Waals surface area contributed by atoms with Crippen LogP contribution in [0, 0.1) is 5.92 Å². The molecule has 244 valence electrons. The van der Waals surface area contributed by atoms with Gasteiger partial charge in [-0.05, 0) is 31.4 Å². The number of fused-ring (bicyclic) bond motifs is 1. The van der Waals surface area contributed by atoms with E-state index in [0.29, 0.717) is 70.6 Å². The zero-order valence-corrected chi connectivity index (χ0v) is 27.8. The topological polar surface area (TPSA) is 121 Å². The van der Waals surface area contributed by atoms with Crippen molar-refractivity contribution in [2.75, 3.05) is 33.9 Å².